The van der Waals surface area contributed by atoms with E-state index in [-0.39, 0.29) is 11.9 Å². The van der Waals surface area contributed by atoms with Crippen molar-refractivity contribution in [2.45, 2.75) is 46.1 Å². The van der Waals surface area contributed by atoms with Crippen LogP contribution in [-0.2, 0) is 13.5 Å². The molecule has 7 heteroatoms. The first-order chi connectivity index (χ1) is 10.5. The van der Waals surface area contributed by atoms with E-state index in [1.165, 1.54) is 6.33 Å². The molecule has 0 aromatic carbocycles. The summed E-state index contributed by atoms with van der Waals surface area (Å²) < 4.78 is 6.84. The lowest BCUT2D eigenvalue weighted by Gasteiger charge is -2.19. The summed E-state index contributed by atoms with van der Waals surface area (Å²) in [7, 11) is 1.82. The Kier molecular flexibility index (Phi) is 5.30. The number of amides is 1. The van der Waals surface area contributed by atoms with E-state index in [4.69, 9.17) is 4.52 Å². The highest BCUT2D eigenvalue weighted by atomic mass is 16.5. The molecule has 0 radical (unpaired) electrons. The number of carbonyl (C=O) groups is 1. The summed E-state index contributed by atoms with van der Waals surface area (Å²) in [5.41, 5.74) is 0.305. The third kappa shape index (κ3) is 3.93. The molecule has 0 aliphatic carbocycles. The maximum absolute atomic E-state index is 12.4. The van der Waals surface area contributed by atoms with Crippen LogP contribution >= 0.6 is 0 Å². The van der Waals surface area contributed by atoms with Gasteiger partial charge in [0.25, 0.3) is 5.91 Å². The first kappa shape index (κ1) is 16.2. The highest BCUT2D eigenvalue weighted by Crippen LogP contribution is 2.19. The fraction of sp³-hybridized carbons (Fsp3) is 0.600. The normalized spacial score (nSPS) is 12.6. The van der Waals surface area contributed by atoms with Gasteiger partial charge in [0.05, 0.1) is 6.04 Å². The minimum atomic E-state index is -0.250. The second-order valence-electron chi connectivity index (χ2n) is 5.83. The topological polar surface area (TPSA) is 85.8 Å². The molecule has 0 saturated heterocycles. The molecule has 2 heterocycles. The smallest absolute Gasteiger partial charge is 0.274 e. The van der Waals surface area contributed by atoms with Crippen molar-refractivity contribution in [1.29, 1.82) is 0 Å². The van der Waals surface area contributed by atoms with Gasteiger partial charge in [-0.2, -0.15) is 5.10 Å². The van der Waals surface area contributed by atoms with E-state index in [2.05, 4.69) is 41.3 Å². The van der Waals surface area contributed by atoms with Crippen molar-refractivity contribution in [2.75, 3.05) is 0 Å². The van der Waals surface area contributed by atoms with Crippen LogP contribution in [0.2, 0.25) is 0 Å². The lowest BCUT2D eigenvalue weighted by Crippen LogP contribution is -2.31. The first-order valence-electron chi connectivity index (χ1n) is 7.61. The lowest BCUT2D eigenvalue weighted by atomic mass is 10.0. The molecule has 2 aromatic heterocycles. The van der Waals surface area contributed by atoms with E-state index < -0.39 is 0 Å². The Labute approximate surface area is 130 Å². The average Bonchev–Trinajstić information content (AvgIpc) is 3.07. The van der Waals surface area contributed by atoms with Crippen molar-refractivity contribution < 1.29 is 9.32 Å². The summed E-state index contributed by atoms with van der Waals surface area (Å²) in [5, 5.41) is 10.9. The number of nitrogens with zero attached hydrogens (tertiary/aromatic N) is 4. The third-order valence-electron chi connectivity index (χ3n) is 3.36. The van der Waals surface area contributed by atoms with Crippen molar-refractivity contribution in [3.05, 3.63) is 29.7 Å². The lowest BCUT2D eigenvalue weighted by molar-refractivity contribution is 0.0919. The first-order valence-corrected chi connectivity index (χ1v) is 7.61. The van der Waals surface area contributed by atoms with E-state index in [0.717, 1.165) is 30.8 Å². The zero-order chi connectivity index (χ0) is 16.1. The highest BCUT2D eigenvalue weighted by Gasteiger charge is 2.22. The minimum Gasteiger partial charge on any atom is -0.361 e. The molecule has 1 amide bonds. The molecular weight excluding hydrogens is 282 g/mol. The van der Waals surface area contributed by atoms with E-state index in [1.54, 1.807) is 10.7 Å². The van der Waals surface area contributed by atoms with Crippen LogP contribution in [0.4, 0.5) is 0 Å². The van der Waals surface area contributed by atoms with Crippen molar-refractivity contribution in [3.8, 4) is 0 Å². The number of nitrogens with one attached hydrogen (secondary N) is 1. The van der Waals surface area contributed by atoms with Gasteiger partial charge in [0, 0.05) is 19.5 Å². The number of aryl methyl sites for hydroxylation is 2. The molecule has 1 N–H and O–H groups in total. The zero-order valence-corrected chi connectivity index (χ0v) is 13.5. The van der Waals surface area contributed by atoms with E-state index in [9.17, 15) is 4.79 Å². The summed E-state index contributed by atoms with van der Waals surface area (Å²) in [6, 6.07) is 1.49. The maximum atomic E-state index is 12.4. The predicted molar refractivity (Wildman–Crippen MR) is 81.2 cm³/mol. The second kappa shape index (κ2) is 7.20. The van der Waals surface area contributed by atoms with Gasteiger partial charge in [-0.15, -0.1) is 0 Å². The van der Waals surface area contributed by atoms with Crippen LogP contribution in [0.1, 0.15) is 61.7 Å². The maximum Gasteiger partial charge on any atom is 0.274 e. The average molecular weight is 305 g/mol. The number of carbonyl (C=O) groups excluding carboxylic acids is 1. The number of hydrogen-bond acceptors (Lipinski definition) is 5. The zero-order valence-electron chi connectivity index (χ0n) is 13.5. The Morgan fingerprint density at radius 3 is 2.82 bits per heavy atom. The van der Waals surface area contributed by atoms with Crippen molar-refractivity contribution >= 4 is 5.91 Å². The Morgan fingerprint density at radius 1 is 1.45 bits per heavy atom. The molecule has 0 fully saturated rings. The Hall–Kier alpha value is -2.18. The summed E-state index contributed by atoms with van der Waals surface area (Å²) in [5.74, 6) is 1.63. The molecule has 120 valence electrons. The molecule has 1 atom stereocenters. The van der Waals surface area contributed by atoms with Gasteiger partial charge in [0.2, 0.25) is 0 Å². The molecule has 0 saturated carbocycles. The summed E-state index contributed by atoms with van der Waals surface area (Å²) in [4.78, 5) is 16.6. The monoisotopic (exact) mass is 305 g/mol. The molecule has 0 spiro atoms. The second-order valence-corrected chi connectivity index (χ2v) is 5.83. The third-order valence-corrected chi connectivity index (χ3v) is 3.36. The molecule has 2 aromatic rings. The van der Waals surface area contributed by atoms with Gasteiger partial charge in [-0.05, 0) is 18.8 Å². The van der Waals surface area contributed by atoms with E-state index in [0.29, 0.717) is 11.6 Å². The summed E-state index contributed by atoms with van der Waals surface area (Å²) in [6.45, 7) is 6.25. The van der Waals surface area contributed by atoms with Gasteiger partial charge in [-0.3, -0.25) is 9.48 Å². The molecule has 22 heavy (non-hydrogen) atoms. The van der Waals surface area contributed by atoms with Crippen LogP contribution < -0.4 is 5.32 Å². The van der Waals surface area contributed by atoms with Crippen LogP contribution in [0.3, 0.4) is 0 Å². The standard InChI is InChI=1S/C15H23N5O2/c1-5-6-11-8-13(19-22-11)15(21)18-12(7-10(2)3)14-16-9-17-20(14)4/h8-10,12H,5-7H2,1-4H3,(H,18,21). The van der Waals surface area contributed by atoms with E-state index >= 15 is 0 Å². The minimum absolute atomic E-state index is 0.202. The summed E-state index contributed by atoms with van der Waals surface area (Å²) >= 11 is 0. The van der Waals surface area contributed by atoms with Gasteiger partial charge < -0.3 is 9.84 Å². The van der Waals surface area contributed by atoms with Crippen molar-refractivity contribution in [1.82, 2.24) is 25.2 Å². The van der Waals surface area contributed by atoms with Crippen LogP contribution in [0.25, 0.3) is 0 Å². The predicted octanol–water partition coefficient (Wildman–Crippen LogP) is 2.27. The van der Waals surface area contributed by atoms with Crippen LogP contribution in [0.15, 0.2) is 16.9 Å². The van der Waals surface area contributed by atoms with Gasteiger partial charge in [-0.25, -0.2) is 4.98 Å². The van der Waals surface area contributed by atoms with Crippen LogP contribution in [0, 0.1) is 5.92 Å². The van der Waals surface area contributed by atoms with Gasteiger partial charge >= 0.3 is 0 Å². The Bertz CT molecular complexity index is 617. The largest absolute Gasteiger partial charge is 0.361 e. The van der Waals surface area contributed by atoms with Gasteiger partial charge in [0.15, 0.2) is 5.69 Å². The Morgan fingerprint density at radius 2 is 2.23 bits per heavy atom. The molecule has 0 aliphatic rings. The van der Waals surface area contributed by atoms with Gasteiger partial charge in [0.1, 0.15) is 17.9 Å². The van der Waals surface area contributed by atoms with Crippen LogP contribution in [-0.4, -0.2) is 25.8 Å². The quantitative estimate of drug-likeness (QED) is 0.848. The Balaban J connectivity index is 2.12. The van der Waals surface area contributed by atoms with E-state index in [1.807, 2.05) is 7.05 Å². The SMILES string of the molecule is CCCc1cc(C(=O)NC(CC(C)C)c2ncnn2C)no1. The number of hydrogen-bond donors (Lipinski definition) is 1. The van der Waals surface area contributed by atoms with Crippen molar-refractivity contribution in [2.24, 2.45) is 13.0 Å². The van der Waals surface area contributed by atoms with Gasteiger partial charge in [-0.1, -0.05) is 25.9 Å². The fourth-order valence-electron chi connectivity index (χ4n) is 2.34. The number of rotatable bonds is 7. The molecule has 1 unspecified atom stereocenters. The highest BCUT2D eigenvalue weighted by molar-refractivity contribution is 5.92. The van der Waals surface area contributed by atoms with Crippen molar-refractivity contribution in [3.63, 3.8) is 0 Å². The molecule has 0 aliphatic heterocycles. The fourth-order valence-corrected chi connectivity index (χ4v) is 2.34. The molecule has 7 nitrogen and oxygen atoms in total. The van der Waals surface area contributed by atoms with Crippen LogP contribution in [0.5, 0.6) is 0 Å². The number of aromatic nitrogens is 4. The molecular formula is C15H23N5O2. The summed E-state index contributed by atoms with van der Waals surface area (Å²) in [6.07, 6.45) is 3.99. The molecule has 2 rings (SSSR count). The molecule has 0 bridgehead atoms.